The second-order valence-corrected chi connectivity index (χ2v) is 3.74. The summed E-state index contributed by atoms with van der Waals surface area (Å²) < 4.78 is 5.04. The van der Waals surface area contributed by atoms with Gasteiger partial charge in [-0.1, -0.05) is 32.9 Å². The van der Waals surface area contributed by atoms with E-state index in [9.17, 15) is 4.79 Å². The summed E-state index contributed by atoms with van der Waals surface area (Å²) in [6.07, 6.45) is 3.01. The summed E-state index contributed by atoms with van der Waals surface area (Å²) >= 11 is 0. The normalized spacial score (nSPS) is 9.47. The van der Waals surface area contributed by atoms with E-state index in [4.69, 9.17) is 9.84 Å². The highest BCUT2D eigenvalue weighted by molar-refractivity contribution is 5.69. The average molecular weight is 238 g/mol. The standard InChI is InChI=1S/C13H18O3.CH4/c1-2-3-10-16-13(15)9-6-11-4-7-12(14)8-5-11;/h4-5,7-8,14H,2-3,6,9-10H2,1H3;1H4. The largest absolute Gasteiger partial charge is 0.508 e. The van der Waals surface area contributed by atoms with Crippen LogP contribution in [0.5, 0.6) is 5.75 Å². The third-order valence-electron chi connectivity index (χ3n) is 2.32. The molecule has 1 N–H and O–H groups in total. The van der Waals surface area contributed by atoms with Gasteiger partial charge in [-0.2, -0.15) is 0 Å². The molecule has 3 nitrogen and oxygen atoms in total. The molecule has 0 radical (unpaired) electrons. The molecule has 0 saturated carbocycles. The van der Waals surface area contributed by atoms with Crippen molar-refractivity contribution in [2.24, 2.45) is 0 Å². The number of rotatable bonds is 6. The second-order valence-electron chi connectivity index (χ2n) is 3.74. The molecule has 17 heavy (non-hydrogen) atoms. The third kappa shape index (κ3) is 6.61. The maximum absolute atomic E-state index is 11.3. The number of benzene rings is 1. The van der Waals surface area contributed by atoms with Crippen molar-refractivity contribution >= 4 is 5.97 Å². The first kappa shape index (κ1) is 15.5. The quantitative estimate of drug-likeness (QED) is 0.611. The zero-order valence-corrected chi connectivity index (χ0v) is 9.61. The minimum atomic E-state index is -0.151. The smallest absolute Gasteiger partial charge is 0.306 e. The number of phenolic OH excluding ortho intramolecular Hbond substituents is 1. The highest BCUT2D eigenvalue weighted by atomic mass is 16.5. The van der Waals surface area contributed by atoms with Crippen LogP contribution in [0, 0.1) is 0 Å². The Kier molecular flexibility index (Phi) is 7.85. The van der Waals surface area contributed by atoms with Crippen molar-refractivity contribution in [1.29, 1.82) is 0 Å². The molecule has 0 spiro atoms. The Balaban J connectivity index is 0.00000256. The molecular weight excluding hydrogens is 216 g/mol. The Morgan fingerprint density at radius 3 is 2.53 bits per heavy atom. The molecule has 1 aromatic carbocycles. The molecule has 1 aromatic rings. The molecule has 3 heteroatoms. The molecule has 1 rings (SSSR count). The van der Waals surface area contributed by atoms with Gasteiger partial charge in [-0.05, 0) is 30.5 Å². The van der Waals surface area contributed by atoms with E-state index < -0.39 is 0 Å². The van der Waals surface area contributed by atoms with Crippen molar-refractivity contribution in [3.63, 3.8) is 0 Å². The maximum Gasteiger partial charge on any atom is 0.306 e. The Morgan fingerprint density at radius 1 is 1.29 bits per heavy atom. The first-order chi connectivity index (χ1) is 7.72. The molecule has 0 fully saturated rings. The number of carbonyl (C=O) groups excluding carboxylic acids is 1. The highest BCUT2D eigenvalue weighted by Crippen LogP contribution is 2.11. The minimum Gasteiger partial charge on any atom is -0.508 e. The van der Waals surface area contributed by atoms with Crippen LogP contribution in [0.25, 0.3) is 0 Å². The van der Waals surface area contributed by atoms with Crippen LogP contribution in [0.1, 0.15) is 39.2 Å². The predicted octanol–water partition coefficient (Wildman–Crippen LogP) is 3.30. The average Bonchev–Trinajstić information content (AvgIpc) is 2.29. The number of phenols is 1. The third-order valence-corrected chi connectivity index (χ3v) is 2.32. The molecule has 0 atom stereocenters. The lowest BCUT2D eigenvalue weighted by Crippen LogP contribution is -2.06. The molecule has 0 aliphatic rings. The van der Waals surface area contributed by atoms with E-state index in [2.05, 4.69) is 6.92 Å². The van der Waals surface area contributed by atoms with Crippen LogP contribution in [0.3, 0.4) is 0 Å². The molecular formula is C14H22O3. The van der Waals surface area contributed by atoms with Gasteiger partial charge in [0.1, 0.15) is 5.75 Å². The van der Waals surface area contributed by atoms with Crippen LogP contribution in [-0.2, 0) is 16.0 Å². The molecule has 0 heterocycles. The van der Waals surface area contributed by atoms with Gasteiger partial charge in [0.25, 0.3) is 0 Å². The molecule has 0 bridgehead atoms. The molecule has 0 aliphatic carbocycles. The summed E-state index contributed by atoms with van der Waals surface area (Å²) in [6, 6.07) is 6.87. The van der Waals surface area contributed by atoms with Gasteiger partial charge in [-0.15, -0.1) is 0 Å². The lowest BCUT2D eigenvalue weighted by molar-refractivity contribution is -0.143. The molecule has 0 unspecified atom stereocenters. The van der Waals surface area contributed by atoms with E-state index in [1.54, 1.807) is 12.1 Å². The Morgan fingerprint density at radius 2 is 1.94 bits per heavy atom. The number of ether oxygens (including phenoxy) is 1. The van der Waals surface area contributed by atoms with Crippen molar-refractivity contribution in [3.05, 3.63) is 29.8 Å². The highest BCUT2D eigenvalue weighted by Gasteiger charge is 2.03. The maximum atomic E-state index is 11.3. The van der Waals surface area contributed by atoms with Crippen molar-refractivity contribution < 1.29 is 14.6 Å². The Hall–Kier alpha value is -1.51. The van der Waals surface area contributed by atoms with E-state index in [1.165, 1.54) is 0 Å². The summed E-state index contributed by atoms with van der Waals surface area (Å²) in [4.78, 5) is 11.3. The van der Waals surface area contributed by atoms with Crippen molar-refractivity contribution in [2.45, 2.75) is 40.0 Å². The number of unbranched alkanes of at least 4 members (excludes halogenated alkanes) is 1. The topological polar surface area (TPSA) is 46.5 Å². The van der Waals surface area contributed by atoms with Crippen LogP contribution in [0.4, 0.5) is 0 Å². The molecule has 0 saturated heterocycles. The van der Waals surface area contributed by atoms with Crippen LogP contribution in [0.15, 0.2) is 24.3 Å². The summed E-state index contributed by atoms with van der Waals surface area (Å²) in [5, 5.41) is 9.09. The van der Waals surface area contributed by atoms with Gasteiger partial charge in [-0.3, -0.25) is 4.79 Å². The number of esters is 1. The van der Waals surface area contributed by atoms with Crippen molar-refractivity contribution in [1.82, 2.24) is 0 Å². The number of hydrogen-bond acceptors (Lipinski definition) is 3. The fourth-order valence-corrected chi connectivity index (χ4v) is 1.31. The van der Waals surface area contributed by atoms with Crippen LogP contribution >= 0.6 is 0 Å². The monoisotopic (exact) mass is 238 g/mol. The minimum absolute atomic E-state index is 0. The van der Waals surface area contributed by atoms with Gasteiger partial charge in [0.2, 0.25) is 0 Å². The van der Waals surface area contributed by atoms with Crippen molar-refractivity contribution in [2.75, 3.05) is 6.61 Å². The fraction of sp³-hybridized carbons (Fsp3) is 0.500. The summed E-state index contributed by atoms with van der Waals surface area (Å²) in [7, 11) is 0. The predicted molar refractivity (Wildman–Crippen MR) is 69.0 cm³/mol. The van der Waals surface area contributed by atoms with Gasteiger partial charge >= 0.3 is 5.97 Å². The van der Waals surface area contributed by atoms with Crippen LogP contribution in [-0.4, -0.2) is 17.7 Å². The van der Waals surface area contributed by atoms with E-state index >= 15 is 0 Å². The lowest BCUT2D eigenvalue weighted by atomic mass is 10.1. The Labute approximate surface area is 103 Å². The van der Waals surface area contributed by atoms with Crippen LogP contribution in [0.2, 0.25) is 0 Å². The van der Waals surface area contributed by atoms with Gasteiger partial charge in [-0.25, -0.2) is 0 Å². The SMILES string of the molecule is C.CCCCOC(=O)CCc1ccc(O)cc1. The van der Waals surface area contributed by atoms with E-state index in [-0.39, 0.29) is 19.1 Å². The van der Waals surface area contributed by atoms with Gasteiger partial charge in [0, 0.05) is 6.42 Å². The van der Waals surface area contributed by atoms with Crippen molar-refractivity contribution in [3.8, 4) is 5.75 Å². The van der Waals surface area contributed by atoms with E-state index in [1.807, 2.05) is 12.1 Å². The second kappa shape index (κ2) is 8.62. The lowest BCUT2D eigenvalue weighted by Gasteiger charge is -2.04. The number of hydrogen-bond donors (Lipinski definition) is 1. The summed E-state index contributed by atoms with van der Waals surface area (Å²) in [5.74, 6) is 0.0933. The van der Waals surface area contributed by atoms with Gasteiger partial charge in [0.15, 0.2) is 0 Å². The van der Waals surface area contributed by atoms with Gasteiger partial charge < -0.3 is 9.84 Å². The first-order valence-corrected chi connectivity index (χ1v) is 5.66. The zero-order valence-electron chi connectivity index (χ0n) is 9.61. The van der Waals surface area contributed by atoms with Gasteiger partial charge in [0.05, 0.1) is 6.61 Å². The summed E-state index contributed by atoms with van der Waals surface area (Å²) in [6.45, 7) is 2.58. The Bertz CT molecular complexity index is 317. The summed E-state index contributed by atoms with van der Waals surface area (Å²) in [5.41, 5.74) is 1.03. The molecule has 96 valence electrons. The fourth-order valence-electron chi connectivity index (χ4n) is 1.31. The van der Waals surface area contributed by atoms with E-state index in [0.29, 0.717) is 19.4 Å². The zero-order chi connectivity index (χ0) is 11.8. The molecule has 0 aromatic heterocycles. The molecule has 0 aliphatic heterocycles. The number of carbonyl (C=O) groups is 1. The first-order valence-electron chi connectivity index (χ1n) is 5.66. The van der Waals surface area contributed by atoms with E-state index in [0.717, 1.165) is 18.4 Å². The molecule has 0 amide bonds. The number of aryl methyl sites for hydroxylation is 1. The number of aromatic hydroxyl groups is 1. The van der Waals surface area contributed by atoms with Crippen LogP contribution < -0.4 is 0 Å².